The summed E-state index contributed by atoms with van der Waals surface area (Å²) in [5, 5.41) is 11.7. The van der Waals surface area contributed by atoms with Gasteiger partial charge in [0.05, 0.1) is 10.6 Å². The molecule has 0 saturated carbocycles. The van der Waals surface area contributed by atoms with Crippen LogP contribution in [0.3, 0.4) is 0 Å². The van der Waals surface area contributed by atoms with Gasteiger partial charge in [-0.3, -0.25) is 0 Å². The second-order valence-electron chi connectivity index (χ2n) is 3.99. The monoisotopic (exact) mass is 182 g/mol. The van der Waals surface area contributed by atoms with E-state index in [4.69, 9.17) is 0 Å². The Morgan fingerprint density at radius 1 is 1.62 bits per heavy atom. The first kappa shape index (κ1) is 9.92. The lowest BCUT2D eigenvalue weighted by molar-refractivity contribution is -0.718. The topological polar surface area (TPSA) is 46.4 Å². The third kappa shape index (κ3) is 1.78. The molecule has 0 fully saturated rings. The van der Waals surface area contributed by atoms with Gasteiger partial charge >= 0.3 is 0 Å². The van der Waals surface area contributed by atoms with Crippen molar-refractivity contribution in [1.82, 2.24) is 5.17 Å². The molecular weight excluding hydrogens is 168 g/mol. The number of nitroso groups, excluding NO2 is 1. The number of hydrazine groups is 1. The number of hydroxylamine groups is 1. The Hall–Kier alpha value is -1.16. The van der Waals surface area contributed by atoms with E-state index in [9.17, 15) is 10.1 Å². The van der Waals surface area contributed by atoms with Crippen molar-refractivity contribution >= 4 is 0 Å². The Bertz CT molecular complexity index is 299. The van der Waals surface area contributed by atoms with E-state index in [-0.39, 0.29) is 0 Å². The molecule has 0 aliphatic carbocycles. The van der Waals surface area contributed by atoms with Crippen LogP contribution in [0.2, 0.25) is 0 Å². The van der Waals surface area contributed by atoms with Crippen LogP contribution in [-0.2, 0) is 0 Å². The summed E-state index contributed by atoms with van der Waals surface area (Å²) in [6.07, 6.45) is 3.37. The average molecular weight is 182 g/mol. The van der Waals surface area contributed by atoms with Crippen LogP contribution >= 0.6 is 0 Å². The van der Waals surface area contributed by atoms with Gasteiger partial charge in [-0.25, -0.2) is 0 Å². The molecular formula is C9H14N2O2. The molecule has 0 spiro atoms. The van der Waals surface area contributed by atoms with E-state index < -0.39 is 5.54 Å². The highest BCUT2D eigenvalue weighted by Crippen LogP contribution is 2.26. The van der Waals surface area contributed by atoms with Crippen LogP contribution in [-0.4, -0.2) is 15.6 Å². The van der Waals surface area contributed by atoms with Crippen molar-refractivity contribution in [2.45, 2.75) is 33.2 Å². The molecule has 0 N–H and O–H groups in total. The van der Waals surface area contributed by atoms with Crippen molar-refractivity contribution in [2.24, 2.45) is 0 Å². The molecule has 1 rings (SSSR count). The zero-order valence-corrected chi connectivity index (χ0v) is 8.37. The van der Waals surface area contributed by atoms with Gasteiger partial charge in [0.1, 0.15) is 4.87 Å². The lowest BCUT2D eigenvalue weighted by atomic mass is 10.1. The van der Waals surface area contributed by atoms with Crippen LogP contribution < -0.4 is 0 Å². The van der Waals surface area contributed by atoms with E-state index in [0.717, 1.165) is 5.57 Å². The molecule has 0 saturated heterocycles. The summed E-state index contributed by atoms with van der Waals surface area (Å²) in [5.41, 5.74) is 0.682. The highest BCUT2D eigenvalue weighted by atomic mass is 16.6. The largest absolute Gasteiger partial charge is 0.699 e. The Balaban J connectivity index is 3.02. The molecule has 0 bridgehead atoms. The van der Waals surface area contributed by atoms with Crippen LogP contribution in [0.4, 0.5) is 0 Å². The molecule has 0 atom stereocenters. The third-order valence-corrected chi connectivity index (χ3v) is 1.82. The fraction of sp³-hybridized carbons (Fsp3) is 0.556. The molecule has 0 radical (unpaired) electrons. The highest BCUT2D eigenvalue weighted by molar-refractivity contribution is 5.25. The van der Waals surface area contributed by atoms with Crippen molar-refractivity contribution in [3.8, 4) is 0 Å². The lowest BCUT2D eigenvalue weighted by Crippen LogP contribution is -2.34. The fourth-order valence-electron chi connectivity index (χ4n) is 1.20. The molecule has 0 aromatic rings. The van der Waals surface area contributed by atoms with Crippen LogP contribution in [0.15, 0.2) is 23.4 Å². The molecule has 13 heavy (non-hydrogen) atoms. The quantitative estimate of drug-likeness (QED) is 0.583. The van der Waals surface area contributed by atoms with Gasteiger partial charge in [-0.15, -0.1) is 0 Å². The van der Waals surface area contributed by atoms with Gasteiger partial charge in [0.2, 0.25) is 0 Å². The van der Waals surface area contributed by atoms with Crippen molar-refractivity contribution < 1.29 is 4.87 Å². The number of hydrogen-bond acceptors (Lipinski definition) is 2. The summed E-state index contributed by atoms with van der Waals surface area (Å²) in [7, 11) is 0. The van der Waals surface area contributed by atoms with Crippen LogP contribution in [0.1, 0.15) is 27.7 Å². The maximum atomic E-state index is 11.3. The third-order valence-electron chi connectivity index (χ3n) is 1.82. The van der Waals surface area contributed by atoms with Gasteiger partial charge in [-0.1, -0.05) is 5.57 Å². The minimum absolute atomic E-state index is 0.382. The highest BCUT2D eigenvalue weighted by Gasteiger charge is 2.42. The van der Waals surface area contributed by atoms with Crippen molar-refractivity contribution in [1.29, 1.82) is 0 Å². The minimum Gasteiger partial charge on any atom is -0.699 e. The second-order valence-corrected chi connectivity index (χ2v) is 3.99. The summed E-state index contributed by atoms with van der Waals surface area (Å²) in [6.45, 7) is 7.18. The molecule has 0 aromatic heterocycles. The van der Waals surface area contributed by atoms with E-state index in [2.05, 4.69) is 0 Å². The summed E-state index contributed by atoms with van der Waals surface area (Å²) in [5.74, 6) is 0. The Labute approximate surface area is 77.7 Å². The zero-order valence-electron chi connectivity index (χ0n) is 8.37. The summed E-state index contributed by atoms with van der Waals surface area (Å²) >= 11 is 0. The molecule has 0 aromatic carbocycles. The lowest BCUT2D eigenvalue weighted by Gasteiger charge is -2.16. The van der Waals surface area contributed by atoms with E-state index in [1.807, 2.05) is 13.8 Å². The number of rotatable bonds is 1. The van der Waals surface area contributed by atoms with Gasteiger partial charge < -0.3 is 5.21 Å². The van der Waals surface area contributed by atoms with Gasteiger partial charge in [-0.05, 0) is 19.9 Å². The maximum absolute atomic E-state index is 11.3. The number of nitrogens with zero attached hydrogens (tertiary/aromatic N) is 2. The van der Waals surface area contributed by atoms with Crippen LogP contribution in [0.5, 0.6) is 0 Å². The van der Waals surface area contributed by atoms with Crippen molar-refractivity contribution in [2.75, 3.05) is 0 Å². The minimum atomic E-state index is -0.733. The van der Waals surface area contributed by atoms with Crippen molar-refractivity contribution in [3.63, 3.8) is 0 Å². The average Bonchev–Trinajstić information content (AvgIpc) is 2.13. The second kappa shape index (κ2) is 2.96. The maximum Gasteiger partial charge on any atom is 0.258 e. The summed E-state index contributed by atoms with van der Waals surface area (Å²) in [6, 6.07) is 0. The predicted octanol–water partition coefficient (Wildman–Crippen LogP) is 2.12. The molecule has 72 valence electrons. The normalized spacial score (nSPS) is 20.2. The zero-order chi connectivity index (χ0) is 10.2. The number of hydrogen-bond donors (Lipinski definition) is 0. The van der Waals surface area contributed by atoms with Gasteiger partial charge in [0.25, 0.3) is 5.54 Å². The predicted molar refractivity (Wildman–Crippen MR) is 50.4 cm³/mol. The van der Waals surface area contributed by atoms with Gasteiger partial charge in [0, 0.05) is 19.9 Å². The van der Waals surface area contributed by atoms with E-state index in [1.165, 1.54) is 0 Å². The first-order chi connectivity index (χ1) is 5.84. The Morgan fingerprint density at radius 3 is 2.46 bits per heavy atom. The first-order valence-electron chi connectivity index (χ1n) is 4.17. The molecule has 1 aliphatic rings. The van der Waals surface area contributed by atoms with Crippen molar-refractivity contribution in [3.05, 3.63) is 33.5 Å². The molecule has 4 heteroatoms. The van der Waals surface area contributed by atoms with Crippen LogP contribution in [0, 0.1) is 10.1 Å². The molecule has 1 aliphatic heterocycles. The smallest absolute Gasteiger partial charge is 0.258 e. The van der Waals surface area contributed by atoms with Gasteiger partial charge in [0.15, 0.2) is 0 Å². The molecule has 1 heterocycles. The Morgan fingerprint density at radius 2 is 2.15 bits per heavy atom. The summed E-state index contributed by atoms with van der Waals surface area (Å²) in [4.78, 5) is 11.7. The summed E-state index contributed by atoms with van der Waals surface area (Å²) < 4.78 is 0. The standard InChI is InChI=1S/C9H14N2O2/c1-7(2)5-8-6-9(3,4)11(13)10(8)12/h5-6H,1-4H3. The van der Waals surface area contributed by atoms with E-state index in [0.29, 0.717) is 15.7 Å². The van der Waals surface area contributed by atoms with Crippen LogP contribution in [0.25, 0.3) is 0 Å². The molecule has 0 unspecified atom stereocenters. The molecule has 0 amide bonds. The molecule has 4 nitrogen and oxygen atoms in total. The first-order valence-corrected chi connectivity index (χ1v) is 4.17. The van der Waals surface area contributed by atoms with E-state index >= 15 is 0 Å². The Kier molecular flexibility index (Phi) is 2.26. The van der Waals surface area contributed by atoms with E-state index in [1.54, 1.807) is 26.0 Å². The number of allylic oxidation sites excluding steroid dienone is 2. The van der Waals surface area contributed by atoms with Gasteiger partial charge in [-0.2, -0.15) is 5.17 Å². The fourth-order valence-corrected chi connectivity index (χ4v) is 1.20. The SMILES string of the molecule is CC(C)=CC1=CC(C)(C)[N+](=O)N1[O-].